The largest absolute Gasteiger partial charge is 0.494 e. The van der Waals surface area contributed by atoms with Crippen molar-refractivity contribution in [2.45, 2.75) is 32.9 Å². The predicted octanol–water partition coefficient (Wildman–Crippen LogP) is 7.96. The number of pyridine rings is 1. The minimum atomic E-state index is -4.63. The fraction of sp³-hybridized carbons (Fsp3) is 0.250. The summed E-state index contributed by atoms with van der Waals surface area (Å²) in [6.45, 7) is 4.26. The minimum absolute atomic E-state index is 0.0365. The van der Waals surface area contributed by atoms with Crippen LogP contribution in [-0.2, 0) is 6.18 Å². The molecule has 3 aromatic rings. The Morgan fingerprint density at radius 2 is 1.89 bits per heavy atom. The summed E-state index contributed by atoms with van der Waals surface area (Å²) in [5.74, 6) is 0.806. The van der Waals surface area contributed by atoms with Crippen molar-refractivity contribution in [3.8, 4) is 11.8 Å². The Morgan fingerprint density at radius 1 is 1.17 bits per heavy atom. The molecule has 0 aliphatic heterocycles. The van der Waals surface area contributed by atoms with E-state index < -0.39 is 11.7 Å². The number of nitrogens with one attached hydrogen (secondary N) is 1. The molecule has 3 rings (SSSR count). The van der Waals surface area contributed by atoms with Gasteiger partial charge in [-0.2, -0.15) is 18.4 Å². The third-order valence-corrected chi connectivity index (χ3v) is 5.45. The molecule has 0 spiro atoms. The van der Waals surface area contributed by atoms with E-state index in [1.165, 1.54) is 12.1 Å². The van der Waals surface area contributed by atoms with Gasteiger partial charge < -0.3 is 15.8 Å². The van der Waals surface area contributed by atoms with Crippen LogP contribution in [-0.4, -0.2) is 11.6 Å². The van der Waals surface area contributed by atoms with E-state index in [2.05, 4.69) is 43.4 Å². The van der Waals surface area contributed by atoms with Crippen molar-refractivity contribution in [3.05, 3.63) is 63.6 Å². The molecule has 182 valence electrons. The zero-order chi connectivity index (χ0) is 25.6. The zero-order valence-electron chi connectivity index (χ0n) is 18.9. The van der Waals surface area contributed by atoms with Gasteiger partial charge in [-0.3, -0.25) is 0 Å². The highest BCUT2D eigenvalue weighted by molar-refractivity contribution is 9.10. The number of hydrogen-bond donors (Lipinski definition) is 2. The summed E-state index contributed by atoms with van der Waals surface area (Å²) in [5.41, 5.74) is 5.70. The van der Waals surface area contributed by atoms with Crippen LogP contribution in [0.15, 0.2) is 57.2 Å². The van der Waals surface area contributed by atoms with Gasteiger partial charge in [0.2, 0.25) is 0 Å². The van der Waals surface area contributed by atoms with Gasteiger partial charge in [-0.05, 0) is 55.8 Å². The molecule has 1 heterocycles. The standard InChI is InChI=1S/C24H22BrF3N6O/c1-3-4-11-35-17-8-6-16(7-9-17)31-23-21(14(2)18(13-29)22(30)32-23)34-33-20-10-5-15(25)12-19(20)24(26,27)28/h5-10,12H,3-4,11H2,1-2H3,(H3,30,31,32). The van der Waals surface area contributed by atoms with Crippen LogP contribution >= 0.6 is 15.9 Å². The average Bonchev–Trinajstić information content (AvgIpc) is 2.80. The summed E-state index contributed by atoms with van der Waals surface area (Å²) >= 11 is 3.04. The highest BCUT2D eigenvalue weighted by Gasteiger charge is 2.34. The SMILES string of the molecule is CCCCOc1ccc(Nc2nc(N)c(C#N)c(C)c2N=Nc2ccc(Br)cc2C(F)(F)F)cc1. The molecule has 0 amide bonds. The Kier molecular flexibility index (Phi) is 8.30. The van der Waals surface area contributed by atoms with E-state index in [-0.39, 0.29) is 33.0 Å². The number of nitrogens with two attached hydrogens (primary N) is 1. The fourth-order valence-corrected chi connectivity index (χ4v) is 3.46. The summed E-state index contributed by atoms with van der Waals surface area (Å²) in [6, 6.07) is 12.6. The first-order chi connectivity index (χ1) is 16.6. The van der Waals surface area contributed by atoms with Crippen LogP contribution in [0, 0.1) is 18.3 Å². The minimum Gasteiger partial charge on any atom is -0.494 e. The van der Waals surface area contributed by atoms with E-state index in [4.69, 9.17) is 10.5 Å². The second kappa shape index (κ2) is 11.2. The number of nitriles is 1. The molecule has 0 atom stereocenters. The Balaban J connectivity index is 1.99. The topological polar surface area (TPSA) is 109 Å². The number of rotatable bonds is 8. The number of hydrogen-bond acceptors (Lipinski definition) is 7. The number of anilines is 3. The van der Waals surface area contributed by atoms with Gasteiger partial charge in [0.25, 0.3) is 0 Å². The van der Waals surface area contributed by atoms with Crippen LogP contribution in [0.3, 0.4) is 0 Å². The second-order valence-electron chi connectivity index (χ2n) is 7.52. The van der Waals surface area contributed by atoms with E-state index in [0.29, 0.717) is 23.6 Å². The molecule has 0 bridgehead atoms. The zero-order valence-corrected chi connectivity index (χ0v) is 20.5. The lowest BCUT2D eigenvalue weighted by Gasteiger charge is -2.14. The molecule has 0 aliphatic carbocycles. The van der Waals surface area contributed by atoms with Crippen molar-refractivity contribution in [3.63, 3.8) is 0 Å². The lowest BCUT2D eigenvalue weighted by atomic mass is 10.1. The number of halogens is 4. The average molecular weight is 547 g/mol. The number of aromatic nitrogens is 1. The molecular formula is C24H22BrF3N6O. The van der Waals surface area contributed by atoms with Crippen molar-refractivity contribution < 1.29 is 17.9 Å². The maximum atomic E-state index is 13.5. The van der Waals surface area contributed by atoms with Crippen molar-refractivity contribution in [1.82, 2.24) is 4.98 Å². The van der Waals surface area contributed by atoms with Crippen molar-refractivity contribution in [1.29, 1.82) is 5.26 Å². The molecule has 0 aliphatic rings. The van der Waals surface area contributed by atoms with Gasteiger partial charge in [-0.1, -0.05) is 29.3 Å². The molecule has 0 radical (unpaired) electrons. The molecular weight excluding hydrogens is 525 g/mol. The second-order valence-corrected chi connectivity index (χ2v) is 8.43. The quantitative estimate of drug-likeness (QED) is 0.220. The van der Waals surface area contributed by atoms with Gasteiger partial charge in [0.1, 0.15) is 23.3 Å². The molecule has 0 saturated carbocycles. The van der Waals surface area contributed by atoms with Gasteiger partial charge in [0, 0.05) is 15.7 Å². The number of benzene rings is 2. The van der Waals surface area contributed by atoms with Crippen molar-refractivity contribution >= 4 is 44.6 Å². The molecule has 1 aromatic heterocycles. The number of nitrogen functional groups attached to an aromatic ring is 1. The summed E-state index contributed by atoms with van der Waals surface area (Å²) in [5, 5.41) is 20.4. The predicted molar refractivity (Wildman–Crippen MR) is 132 cm³/mol. The highest BCUT2D eigenvalue weighted by Crippen LogP contribution is 2.40. The van der Waals surface area contributed by atoms with Gasteiger partial charge in [0.05, 0.1) is 23.4 Å². The summed E-state index contributed by atoms with van der Waals surface area (Å²) < 4.78 is 46.4. The van der Waals surface area contributed by atoms with Crippen LogP contribution in [0.1, 0.15) is 36.5 Å². The van der Waals surface area contributed by atoms with Gasteiger partial charge >= 0.3 is 6.18 Å². The fourth-order valence-electron chi connectivity index (χ4n) is 3.10. The third-order valence-electron chi connectivity index (χ3n) is 4.96. The molecule has 35 heavy (non-hydrogen) atoms. The number of unbranched alkanes of at least 4 members (excludes halogenated alkanes) is 1. The number of alkyl halides is 3. The van der Waals surface area contributed by atoms with Gasteiger partial charge in [-0.15, -0.1) is 10.2 Å². The highest BCUT2D eigenvalue weighted by atomic mass is 79.9. The Labute approximate surface area is 209 Å². The maximum Gasteiger partial charge on any atom is 0.418 e. The van der Waals surface area contributed by atoms with Crippen LogP contribution in [0.4, 0.5) is 41.9 Å². The normalized spacial score (nSPS) is 11.5. The van der Waals surface area contributed by atoms with Crippen LogP contribution in [0.5, 0.6) is 5.75 Å². The molecule has 11 heteroatoms. The number of azo groups is 1. The summed E-state index contributed by atoms with van der Waals surface area (Å²) in [7, 11) is 0. The lowest BCUT2D eigenvalue weighted by Crippen LogP contribution is -2.05. The first-order valence-electron chi connectivity index (χ1n) is 10.6. The van der Waals surface area contributed by atoms with Crippen LogP contribution < -0.4 is 15.8 Å². The molecule has 3 N–H and O–H groups in total. The first kappa shape index (κ1) is 26.0. The van der Waals surface area contributed by atoms with E-state index in [1.807, 2.05) is 6.07 Å². The van der Waals surface area contributed by atoms with E-state index >= 15 is 0 Å². The van der Waals surface area contributed by atoms with E-state index in [9.17, 15) is 18.4 Å². The summed E-state index contributed by atoms with van der Waals surface area (Å²) in [6.07, 6.45) is -2.67. The number of nitrogens with zero attached hydrogens (tertiary/aromatic N) is 4. The molecule has 0 saturated heterocycles. The molecule has 7 nitrogen and oxygen atoms in total. The van der Waals surface area contributed by atoms with Crippen molar-refractivity contribution in [2.75, 3.05) is 17.7 Å². The van der Waals surface area contributed by atoms with Crippen LogP contribution in [0.2, 0.25) is 0 Å². The monoisotopic (exact) mass is 546 g/mol. The third kappa shape index (κ3) is 6.48. The van der Waals surface area contributed by atoms with Gasteiger partial charge in [0.15, 0.2) is 5.82 Å². The number of ether oxygens (including phenoxy) is 1. The molecule has 2 aromatic carbocycles. The van der Waals surface area contributed by atoms with E-state index in [0.717, 1.165) is 18.9 Å². The summed E-state index contributed by atoms with van der Waals surface area (Å²) in [4.78, 5) is 4.21. The first-order valence-corrected chi connectivity index (χ1v) is 11.4. The molecule has 0 unspecified atom stereocenters. The molecule has 0 fully saturated rings. The van der Waals surface area contributed by atoms with Crippen LogP contribution in [0.25, 0.3) is 0 Å². The van der Waals surface area contributed by atoms with Crippen molar-refractivity contribution in [2.24, 2.45) is 10.2 Å². The smallest absolute Gasteiger partial charge is 0.418 e. The Bertz CT molecular complexity index is 1270. The lowest BCUT2D eigenvalue weighted by molar-refractivity contribution is -0.137. The van der Waals surface area contributed by atoms with E-state index in [1.54, 1.807) is 31.2 Å². The van der Waals surface area contributed by atoms with Gasteiger partial charge in [-0.25, -0.2) is 4.98 Å². The maximum absolute atomic E-state index is 13.5. The Morgan fingerprint density at radius 3 is 2.51 bits per heavy atom. The Hall–Kier alpha value is -3.65.